The number of rotatable bonds is 5. The van der Waals surface area contributed by atoms with Crippen molar-refractivity contribution in [2.45, 2.75) is 71.2 Å². The van der Waals surface area contributed by atoms with Gasteiger partial charge >= 0.3 is 0 Å². The van der Waals surface area contributed by atoms with E-state index in [1.54, 1.807) is 6.92 Å². The quantitative estimate of drug-likeness (QED) is 0.829. The molecule has 2 heterocycles. The van der Waals surface area contributed by atoms with Gasteiger partial charge in [-0.15, -0.1) is 0 Å². The average Bonchev–Trinajstić information content (AvgIpc) is 3.15. The van der Waals surface area contributed by atoms with Crippen molar-refractivity contribution in [1.82, 2.24) is 9.80 Å². The highest BCUT2D eigenvalue weighted by atomic mass is 16.5. The lowest BCUT2D eigenvalue weighted by Gasteiger charge is -2.34. The molecular formula is C20H30N2O2. The maximum atomic E-state index is 11.9. The Balaban J connectivity index is 1.69. The molecule has 4 heteroatoms. The van der Waals surface area contributed by atoms with E-state index >= 15 is 0 Å². The first-order valence-corrected chi connectivity index (χ1v) is 9.31. The van der Waals surface area contributed by atoms with Crippen molar-refractivity contribution >= 4 is 5.91 Å². The summed E-state index contributed by atoms with van der Waals surface area (Å²) in [6.07, 6.45) is 4.93. The van der Waals surface area contributed by atoms with Gasteiger partial charge in [0.2, 0.25) is 5.91 Å². The molecule has 0 N–H and O–H groups in total. The summed E-state index contributed by atoms with van der Waals surface area (Å²) >= 11 is 0. The minimum absolute atomic E-state index is 0.197. The largest absolute Gasteiger partial charge is 0.491 e. The van der Waals surface area contributed by atoms with Crippen LogP contribution in [0.15, 0.2) is 24.3 Å². The van der Waals surface area contributed by atoms with Crippen LogP contribution in [0.25, 0.3) is 0 Å². The van der Waals surface area contributed by atoms with Gasteiger partial charge in [-0.25, -0.2) is 0 Å². The van der Waals surface area contributed by atoms with Gasteiger partial charge in [-0.2, -0.15) is 0 Å². The summed E-state index contributed by atoms with van der Waals surface area (Å²) < 4.78 is 5.82. The van der Waals surface area contributed by atoms with Crippen molar-refractivity contribution in [3.8, 4) is 5.75 Å². The van der Waals surface area contributed by atoms with Crippen LogP contribution in [0.1, 0.15) is 52.0 Å². The highest BCUT2D eigenvalue weighted by Crippen LogP contribution is 2.31. The van der Waals surface area contributed by atoms with E-state index in [0.29, 0.717) is 12.1 Å². The van der Waals surface area contributed by atoms with E-state index < -0.39 is 0 Å². The Morgan fingerprint density at radius 3 is 2.71 bits per heavy atom. The van der Waals surface area contributed by atoms with Crippen LogP contribution in [0.5, 0.6) is 5.75 Å². The van der Waals surface area contributed by atoms with Crippen LogP contribution >= 0.6 is 0 Å². The molecule has 0 spiro atoms. The molecule has 0 aliphatic carbocycles. The van der Waals surface area contributed by atoms with Crippen molar-refractivity contribution in [2.75, 3.05) is 13.1 Å². The number of hydrogen-bond acceptors (Lipinski definition) is 3. The number of benzene rings is 1. The van der Waals surface area contributed by atoms with Gasteiger partial charge in [0.15, 0.2) is 0 Å². The lowest BCUT2D eigenvalue weighted by molar-refractivity contribution is -0.130. The van der Waals surface area contributed by atoms with Crippen LogP contribution in [-0.2, 0) is 11.3 Å². The molecule has 2 aliphatic heterocycles. The van der Waals surface area contributed by atoms with Gasteiger partial charge in [0, 0.05) is 32.1 Å². The van der Waals surface area contributed by atoms with Crippen molar-refractivity contribution in [3.05, 3.63) is 29.8 Å². The van der Waals surface area contributed by atoms with E-state index in [4.69, 9.17) is 4.74 Å². The van der Waals surface area contributed by atoms with Crippen molar-refractivity contribution < 1.29 is 9.53 Å². The first-order valence-electron chi connectivity index (χ1n) is 9.31. The molecule has 3 rings (SSSR count). The number of hydrogen-bond donors (Lipinski definition) is 0. The molecule has 0 bridgehead atoms. The fourth-order valence-electron chi connectivity index (χ4n) is 4.29. The Bertz CT molecular complexity index is 573. The van der Waals surface area contributed by atoms with Gasteiger partial charge in [-0.05, 0) is 63.8 Å². The number of likely N-dealkylation sites (tertiary alicyclic amines) is 2. The summed E-state index contributed by atoms with van der Waals surface area (Å²) in [6, 6.07) is 9.35. The normalized spacial score (nSPS) is 24.8. The smallest absolute Gasteiger partial charge is 0.219 e. The monoisotopic (exact) mass is 330 g/mol. The van der Waals surface area contributed by atoms with Crippen molar-refractivity contribution in [3.63, 3.8) is 0 Å². The van der Waals surface area contributed by atoms with Crippen molar-refractivity contribution in [1.29, 1.82) is 0 Å². The topological polar surface area (TPSA) is 32.8 Å². The number of ether oxygens (including phenoxy) is 1. The molecule has 24 heavy (non-hydrogen) atoms. The molecule has 1 amide bonds. The molecule has 2 saturated heterocycles. The molecule has 2 aliphatic rings. The van der Waals surface area contributed by atoms with Gasteiger partial charge in [-0.3, -0.25) is 9.69 Å². The summed E-state index contributed by atoms with van der Waals surface area (Å²) in [5.41, 5.74) is 1.30. The van der Waals surface area contributed by atoms with Crippen LogP contribution in [-0.4, -0.2) is 47.0 Å². The molecular weight excluding hydrogens is 300 g/mol. The Labute approximate surface area is 145 Å². The maximum absolute atomic E-state index is 11.9. The predicted octanol–water partition coefficient (Wildman–Crippen LogP) is 3.45. The van der Waals surface area contributed by atoms with Crippen molar-refractivity contribution in [2.24, 2.45) is 0 Å². The van der Waals surface area contributed by atoms with E-state index in [1.807, 2.05) is 6.07 Å². The minimum atomic E-state index is 0.197. The fourth-order valence-corrected chi connectivity index (χ4v) is 4.29. The molecule has 0 saturated carbocycles. The molecule has 1 aromatic carbocycles. The molecule has 4 nitrogen and oxygen atoms in total. The van der Waals surface area contributed by atoms with E-state index in [1.165, 1.54) is 18.4 Å². The zero-order chi connectivity index (χ0) is 17.1. The van der Waals surface area contributed by atoms with Crippen LogP contribution in [0.3, 0.4) is 0 Å². The third-order valence-electron chi connectivity index (χ3n) is 5.22. The zero-order valence-electron chi connectivity index (χ0n) is 15.2. The van der Waals surface area contributed by atoms with Crippen LogP contribution in [0.4, 0.5) is 0 Å². The number of carbonyl (C=O) groups excluding carboxylic acids is 1. The Hall–Kier alpha value is -1.55. The second-order valence-electron chi connectivity index (χ2n) is 7.42. The van der Waals surface area contributed by atoms with Crippen LogP contribution in [0.2, 0.25) is 0 Å². The second-order valence-corrected chi connectivity index (χ2v) is 7.42. The summed E-state index contributed by atoms with van der Waals surface area (Å²) in [7, 11) is 0. The highest BCUT2D eigenvalue weighted by molar-refractivity contribution is 5.74. The average molecular weight is 330 g/mol. The van der Waals surface area contributed by atoms with Gasteiger partial charge in [0.05, 0.1) is 6.10 Å². The number of amides is 1. The summed E-state index contributed by atoms with van der Waals surface area (Å²) in [4.78, 5) is 16.6. The zero-order valence-corrected chi connectivity index (χ0v) is 15.2. The molecule has 0 radical (unpaired) electrons. The SMILES string of the molecule is CC(=O)N1CCC[C@@H]1[C@H]1CCCN1Cc1cccc(OC(C)C)c1. The van der Waals surface area contributed by atoms with Gasteiger partial charge in [0.1, 0.15) is 5.75 Å². The van der Waals surface area contributed by atoms with Gasteiger partial charge < -0.3 is 9.64 Å². The third-order valence-corrected chi connectivity index (χ3v) is 5.22. The number of nitrogens with zero attached hydrogens (tertiary/aromatic N) is 2. The molecule has 0 unspecified atom stereocenters. The Morgan fingerprint density at radius 2 is 1.96 bits per heavy atom. The Kier molecular flexibility index (Phi) is 5.44. The standard InChI is InChI=1S/C20H30N2O2/c1-15(2)24-18-8-4-7-17(13-18)14-21-11-5-9-19(21)20-10-6-12-22(20)16(3)23/h4,7-8,13,15,19-20H,5-6,9-12,14H2,1-3H3/t19-,20-/m1/s1. The molecule has 2 fully saturated rings. The second kappa shape index (κ2) is 7.56. The molecule has 0 aromatic heterocycles. The van der Waals surface area contributed by atoms with Crippen LogP contribution < -0.4 is 4.74 Å². The summed E-state index contributed by atoms with van der Waals surface area (Å²) in [6.45, 7) is 8.83. The van der Waals surface area contributed by atoms with E-state index in [2.05, 4.69) is 41.8 Å². The summed E-state index contributed by atoms with van der Waals surface area (Å²) in [5.74, 6) is 1.18. The lowest BCUT2D eigenvalue weighted by atomic mass is 10.0. The third kappa shape index (κ3) is 3.92. The molecule has 2 atom stereocenters. The highest BCUT2D eigenvalue weighted by Gasteiger charge is 2.38. The predicted molar refractivity (Wildman–Crippen MR) is 96.0 cm³/mol. The molecule has 132 valence electrons. The lowest BCUT2D eigenvalue weighted by Crippen LogP contribution is -2.47. The van der Waals surface area contributed by atoms with E-state index in [0.717, 1.165) is 38.2 Å². The maximum Gasteiger partial charge on any atom is 0.219 e. The van der Waals surface area contributed by atoms with E-state index in [9.17, 15) is 4.79 Å². The minimum Gasteiger partial charge on any atom is -0.491 e. The number of carbonyl (C=O) groups is 1. The Morgan fingerprint density at radius 1 is 1.21 bits per heavy atom. The van der Waals surface area contributed by atoms with Gasteiger partial charge in [-0.1, -0.05) is 12.1 Å². The first kappa shape index (κ1) is 17.3. The first-order chi connectivity index (χ1) is 11.5. The summed E-state index contributed by atoms with van der Waals surface area (Å²) in [5, 5.41) is 0. The molecule has 1 aromatic rings. The van der Waals surface area contributed by atoms with Gasteiger partial charge in [0.25, 0.3) is 0 Å². The van der Waals surface area contributed by atoms with Crippen LogP contribution in [0, 0.1) is 0 Å². The fraction of sp³-hybridized carbons (Fsp3) is 0.650. The van der Waals surface area contributed by atoms with E-state index in [-0.39, 0.29) is 12.0 Å².